The number of fused-ring (bicyclic) bond motifs is 1. The van der Waals surface area contributed by atoms with Gasteiger partial charge in [0.1, 0.15) is 0 Å². The van der Waals surface area contributed by atoms with Gasteiger partial charge in [0.2, 0.25) is 5.91 Å². The van der Waals surface area contributed by atoms with E-state index >= 15 is 0 Å². The Balaban J connectivity index is 1.97. The Morgan fingerprint density at radius 2 is 2.31 bits per heavy atom. The van der Waals surface area contributed by atoms with E-state index in [1.807, 2.05) is 30.0 Å². The van der Waals surface area contributed by atoms with E-state index in [0.717, 1.165) is 12.1 Å². The number of carbonyl (C=O) groups is 1. The van der Waals surface area contributed by atoms with Crippen LogP contribution in [0.3, 0.4) is 0 Å². The van der Waals surface area contributed by atoms with Crippen molar-refractivity contribution in [3.8, 4) is 0 Å². The van der Waals surface area contributed by atoms with Gasteiger partial charge in [-0.25, -0.2) is 0 Å². The van der Waals surface area contributed by atoms with Crippen LogP contribution in [0.4, 0.5) is 5.69 Å². The largest absolute Gasteiger partial charge is 0.328 e. The molecular formula is C13H16N2O. The zero-order valence-electron chi connectivity index (χ0n) is 9.39. The maximum absolute atomic E-state index is 12.1. The smallest absolute Gasteiger partial charge is 0.230 e. The molecule has 16 heavy (non-hydrogen) atoms. The fraction of sp³-hybridized carbons (Fsp3) is 0.462. The van der Waals surface area contributed by atoms with Crippen LogP contribution in [-0.2, 0) is 4.79 Å². The number of rotatable bonds is 2. The molecule has 1 aliphatic heterocycles. The van der Waals surface area contributed by atoms with E-state index in [2.05, 4.69) is 6.07 Å². The number of piperidine rings is 1. The summed E-state index contributed by atoms with van der Waals surface area (Å²) in [6.07, 6.45) is 1.04. The number of amides is 1. The fourth-order valence-electron chi connectivity index (χ4n) is 2.83. The van der Waals surface area contributed by atoms with Gasteiger partial charge >= 0.3 is 0 Å². The molecule has 3 atom stereocenters. The predicted molar refractivity (Wildman–Crippen MR) is 63.1 cm³/mol. The minimum absolute atomic E-state index is 0.222. The van der Waals surface area contributed by atoms with Crippen molar-refractivity contribution >= 4 is 11.6 Å². The molecule has 1 heterocycles. The van der Waals surface area contributed by atoms with E-state index in [9.17, 15) is 4.79 Å². The number of nitrogens with two attached hydrogens (primary N) is 1. The lowest BCUT2D eigenvalue weighted by Crippen LogP contribution is -2.41. The third-order valence-corrected chi connectivity index (χ3v) is 3.74. The van der Waals surface area contributed by atoms with Crippen LogP contribution in [0.5, 0.6) is 0 Å². The van der Waals surface area contributed by atoms with Gasteiger partial charge in [0.25, 0.3) is 0 Å². The second-order valence-electron chi connectivity index (χ2n) is 4.86. The number of benzene rings is 1. The molecule has 0 bridgehead atoms. The first-order chi connectivity index (χ1) is 7.72. The van der Waals surface area contributed by atoms with Crippen LogP contribution in [0.25, 0.3) is 0 Å². The molecule has 1 saturated carbocycles. The summed E-state index contributed by atoms with van der Waals surface area (Å²) in [7, 11) is 0. The van der Waals surface area contributed by atoms with Crippen LogP contribution >= 0.6 is 0 Å². The lowest BCUT2D eigenvalue weighted by molar-refractivity contribution is -0.118. The van der Waals surface area contributed by atoms with Crippen LogP contribution in [0.1, 0.15) is 12.0 Å². The standard InChI is InChI=1S/C13H16N2O/c1-8-3-2-4-9(5-8)15-12(7-14)10-6-11(10)13(15)16/h2-5,10-12H,6-7,14H2,1H3. The first-order valence-corrected chi connectivity index (χ1v) is 5.82. The molecule has 1 aliphatic carbocycles. The minimum atomic E-state index is 0.222. The normalized spacial score (nSPS) is 31.8. The van der Waals surface area contributed by atoms with Crippen LogP contribution in [0, 0.1) is 18.8 Å². The maximum atomic E-state index is 12.1. The third-order valence-electron chi connectivity index (χ3n) is 3.74. The fourth-order valence-corrected chi connectivity index (χ4v) is 2.83. The van der Waals surface area contributed by atoms with Gasteiger partial charge in [-0.1, -0.05) is 12.1 Å². The minimum Gasteiger partial charge on any atom is -0.328 e. The second-order valence-corrected chi connectivity index (χ2v) is 4.86. The highest BCUT2D eigenvalue weighted by Crippen LogP contribution is 2.51. The first-order valence-electron chi connectivity index (χ1n) is 5.82. The van der Waals surface area contributed by atoms with Gasteiger partial charge in [0.05, 0.1) is 6.04 Å². The number of carbonyl (C=O) groups excluding carboxylic acids is 1. The molecule has 2 fully saturated rings. The Morgan fingerprint density at radius 1 is 1.50 bits per heavy atom. The van der Waals surface area contributed by atoms with E-state index < -0.39 is 0 Å². The van der Waals surface area contributed by atoms with Gasteiger partial charge < -0.3 is 10.6 Å². The van der Waals surface area contributed by atoms with E-state index in [1.54, 1.807) is 0 Å². The van der Waals surface area contributed by atoms with Crippen molar-refractivity contribution in [1.29, 1.82) is 0 Å². The summed E-state index contributed by atoms with van der Waals surface area (Å²) in [4.78, 5) is 14.0. The molecule has 0 spiro atoms. The van der Waals surface area contributed by atoms with E-state index in [0.29, 0.717) is 12.5 Å². The Kier molecular flexibility index (Phi) is 2.04. The summed E-state index contributed by atoms with van der Waals surface area (Å²) < 4.78 is 0. The molecule has 1 aromatic carbocycles. The molecule has 84 valence electrons. The van der Waals surface area contributed by atoms with Crippen molar-refractivity contribution in [2.45, 2.75) is 19.4 Å². The van der Waals surface area contributed by atoms with Crippen molar-refractivity contribution in [1.82, 2.24) is 0 Å². The summed E-state index contributed by atoms with van der Waals surface area (Å²) in [6, 6.07) is 8.32. The van der Waals surface area contributed by atoms with E-state index in [4.69, 9.17) is 5.73 Å². The number of hydrogen-bond donors (Lipinski definition) is 1. The summed E-state index contributed by atoms with van der Waals surface area (Å²) in [5.41, 5.74) is 7.97. The molecular weight excluding hydrogens is 200 g/mol. The van der Waals surface area contributed by atoms with Crippen molar-refractivity contribution in [2.24, 2.45) is 17.6 Å². The van der Waals surface area contributed by atoms with Gasteiger partial charge in [-0.05, 0) is 37.0 Å². The molecule has 0 radical (unpaired) electrons. The maximum Gasteiger partial charge on any atom is 0.230 e. The highest BCUT2D eigenvalue weighted by molar-refractivity contribution is 6.00. The van der Waals surface area contributed by atoms with Gasteiger partial charge in [-0.2, -0.15) is 0 Å². The average molecular weight is 216 g/mol. The van der Waals surface area contributed by atoms with Gasteiger partial charge in [-0.3, -0.25) is 4.79 Å². The molecule has 3 rings (SSSR count). The van der Waals surface area contributed by atoms with Crippen LogP contribution in [0.2, 0.25) is 0 Å². The molecule has 0 aromatic heterocycles. The molecule has 1 aromatic rings. The molecule has 3 heteroatoms. The summed E-state index contributed by atoms with van der Waals surface area (Å²) in [6.45, 7) is 2.61. The molecule has 1 amide bonds. The molecule has 1 saturated heterocycles. The van der Waals surface area contributed by atoms with Gasteiger partial charge in [-0.15, -0.1) is 0 Å². The molecule has 2 N–H and O–H groups in total. The summed E-state index contributed by atoms with van der Waals surface area (Å²) >= 11 is 0. The molecule has 2 aliphatic rings. The lowest BCUT2D eigenvalue weighted by Gasteiger charge is -2.26. The predicted octanol–water partition coefficient (Wildman–Crippen LogP) is 1.31. The number of aryl methyl sites for hydroxylation is 1. The number of anilines is 1. The SMILES string of the molecule is Cc1cccc(N2C(=O)C3CC3C2CN)c1. The van der Waals surface area contributed by atoms with E-state index in [-0.39, 0.29) is 17.9 Å². The number of nitrogens with zero attached hydrogens (tertiary/aromatic N) is 1. The Bertz CT molecular complexity index is 443. The quantitative estimate of drug-likeness (QED) is 0.810. The highest BCUT2D eigenvalue weighted by Gasteiger charge is 2.58. The van der Waals surface area contributed by atoms with Crippen LogP contribution in [-0.4, -0.2) is 18.5 Å². The van der Waals surface area contributed by atoms with Crippen molar-refractivity contribution in [3.05, 3.63) is 29.8 Å². The van der Waals surface area contributed by atoms with Crippen molar-refractivity contribution in [2.75, 3.05) is 11.4 Å². The van der Waals surface area contributed by atoms with E-state index in [1.165, 1.54) is 5.56 Å². The lowest BCUT2D eigenvalue weighted by atomic mass is 10.1. The monoisotopic (exact) mass is 216 g/mol. The second kappa shape index (κ2) is 3.32. The topological polar surface area (TPSA) is 46.3 Å². The Hall–Kier alpha value is -1.35. The summed E-state index contributed by atoms with van der Waals surface area (Å²) in [5.74, 6) is 1.04. The van der Waals surface area contributed by atoms with Crippen LogP contribution in [0.15, 0.2) is 24.3 Å². The van der Waals surface area contributed by atoms with Crippen LogP contribution < -0.4 is 10.6 Å². The van der Waals surface area contributed by atoms with Gasteiger partial charge in [0, 0.05) is 18.2 Å². The Labute approximate surface area is 95.2 Å². The highest BCUT2D eigenvalue weighted by atomic mass is 16.2. The number of hydrogen-bond acceptors (Lipinski definition) is 2. The van der Waals surface area contributed by atoms with Gasteiger partial charge in [0.15, 0.2) is 0 Å². The zero-order chi connectivity index (χ0) is 11.3. The van der Waals surface area contributed by atoms with Crippen molar-refractivity contribution < 1.29 is 4.79 Å². The molecule has 3 unspecified atom stereocenters. The average Bonchev–Trinajstić information content (AvgIpc) is 3.00. The van der Waals surface area contributed by atoms with Crippen molar-refractivity contribution in [3.63, 3.8) is 0 Å². The Morgan fingerprint density at radius 3 is 3.00 bits per heavy atom. The molecule has 3 nitrogen and oxygen atoms in total. The summed E-state index contributed by atoms with van der Waals surface area (Å²) in [5, 5.41) is 0. The third kappa shape index (κ3) is 1.28. The zero-order valence-corrected chi connectivity index (χ0v) is 9.39. The first kappa shape index (κ1) is 9.85.